The van der Waals surface area contributed by atoms with E-state index in [1.165, 1.54) is 25.7 Å². The molecule has 0 unspecified atom stereocenters. The first-order valence-corrected chi connectivity index (χ1v) is 18.8. The molecule has 54 heavy (non-hydrogen) atoms. The molecular weight excluding hydrogens is 679 g/mol. The SMILES string of the molecule is c1ccc(-c2cccc(-c3cc(-c4cccc5sc6ccccc6c45)nc(-c4ccc5ccc6ccc7nn(-c8ccccc8)nc7c6c5c4)n3)c2)cc1. The maximum absolute atomic E-state index is 5.37. The van der Waals surface area contributed by atoms with Crippen LogP contribution >= 0.6 is 11.3 Å². The molecule has 0 saturated carbocycles. The van der Waals surface area contributed by atoms with Gasteiger partial charge in [0.25, 0.3) is 0 Å². The number of hydrogen-bond acceptors (Lipinski definition) is 5. The van der Waals surface area contributed by atoms with Gasteiger partial charge in [-0.3, -0.25) is 0 Å². The maximum Gasteiger partial charge on any atom is 0.160 e. The van der Waals surface area contributed by atoms with Gasteiger partial charge in [-0.15, -0.1) is 21.5 Å². The zero-order valence-corrected chi connectivity index (χ0v) is 29.7. The molecule has 3 aromatic heterocycles. The summed E-state index contributed by atoms with van der Waals surface area (Å²) in [5, 5.41) is 16.7. The lowest BCUT2D eigenvalue weighted by Gasteiger charge is -2.12. The van der Waals surface area contributed by atoms with Crippen LogP contribution in [0.2, 0.25) is 0 Å². The molecule has 0 saturated heterocycles. The van der Waals surface area contributed by atoms with Crippen molar-refractivity contribution >= 4 is 64.1 Å². The number of thiophene rings is 1. The van der Waals surface area contributed by atoms with Crippen molar-refractivity contribution in [3.63, 3.8) is 0 Å². The fourth-order valence-corrected chi connectivity index (χ4v) is 8.80. The number of rotatable bonds is 5. The second-order valence-electron chi connectivity index (χ2n) is 13.5. The molecule has 11 rings (SSSR count). The van der Waals surface area contributed by atoms with Crippen LogP contribution in [0, 0.1) is 0 Å². The van der Waals surface area contributed by atoms with E-state index in [1.807, 2.05) is 47.7 Å². The van der Waals surface area contributed by atoms with Gasteiger partial charge in [0.1, 0.15) is 11.0 Å². The van der Waals surface area contributed by atoms with Gasteiger partial charge in [0.05, 0.1) is 17.1 Å². The van der Waals surface area contributed by atoms with Crippen molar-refractivity contribution in [2.45, 2.75) is 0 Å². The highest BCUT2D eigenvalue weighted by Gasteiger charge is 2.18. The van der Waals surface area contributed by atoms with Crippen molar-refractivity contribution in [1.29, 1.82) is 0 Å². The molecule has 0 bridgehead atoms. The van der Waals surface area contributed by atoms with E-state index in [0.717, 1.165) is 71.9 Å². The highest BCUT2D eigenvalue weighted by Crippen LogP contribution is 2.41. The van der Waals surface area contributed by atoms with E-state index in [2.05, 4.69) is 140 Å². The maximum atomic E-state index is 5.37. The first-order valence-electron chi connectivity index (χ1n) is 18.0. The zero-order valence-electron chi connectivity index (χ0n) is 28.9. The Hall–Kier alpha value is -7.02. The summed E-state index contributed by atoms with van der Waals surface area (Å²) < 4.78 is 2.51. The van der Waals surface area contributed by atoms with Crippen molar-refractivity contribution in [1.82, 2.24) is 25.0 Å². The highest BCUT2D eigenvalue weighted by atomic mass is 32.1. The van der Waals surface area contributed by atoms with Crippen LogP contribution in [0.25, 0.3) is 103 Å². The minimum absolute atomic E-state index is 0.670. The van der Waals surface area contributed by atoms with E-state index in [4.69, 9.17) is 20.2 Å². The van der Waals surface area contributed by atoms with E-state index in [9.17, 15) is 0 Å². The number of fused-ring (bicyclic) bond motifs is 8. The van der Waals surface area contributed by atoms with E-state index in [0.29, 0.717) is 5.82 Å². The number of aromatic nitrogens is 5. The minimum Gasteiger partial charge on any atom is -0.228 e. The Labute approximate surface area is 314 Å². The molecule has 0 amide bonds. The minimum atomic E-state index is 0.670. The molecule has 8 aromatic carbocycles. The topological polar surface area (TPSA) is 56.5 Å². The number of hydrogen-bond donors (Lipinski definition) is 0. The molecule has 0 spiro atoms. The van der Waals surface area contributed by atoms with Crippen LogP contribution in [0.1, 0.15) is 0 Å². The van der Waals surface area contributed by atoms with E-state index >= 15 is 0 Å². The molecular formula is C48H29N5S. The average molecular weight is 708 g/mol. The van der Waals surface area contributed by atoms with Gasteiger partial charge in [-0.25, -0.2) is 9.97 Å². The monoisotopic (exact) mass is 707 g/mol. The summed E-state index contributed by atoms with van der Waals surface area (Å²) in [7, 11) is 0. The molecule has 0 fully saturated rings. The standard InChI is InChI=1S/C48H29N5S/c1-3-11-30(12-4-1)33-13-9-14-34(27-33)41-29-42(37-18-10-20-44-46(37)38-17-7-8-19-43(38)54-44)50-48(49-41)35-24-22-31-21-23-32-25-26-40-47(45(32)39(31)28-35)52-53(51-40)36-15-5-2-6-16-36/h1-29H. The second-order valence-corrected chi connectivity index (χ2v) is 14.6. The Kier molecular flexibility index (Phi) is 6.97. The predicted molar refractivity (Wildman–Crippen MR) is 224 cm³/mol. The zero-order chi connectivity index (χ0) is 35.6. The lowest BCUT2D eigenvalue weighted by molar-refractivity contribution is 0.766. The quantitative estimate of drug-likeness (QED) is 0.167. The van der Waals surface area contributed by atoms with Gasteiger partial charge >= 0.3 is 0 Å². The fourth-order valence-electron chi connectivity index (χ4n) is 7.67. The van der Waals surface area contributed by atoms with Crippen molar-refractivity contribution in [3.05, 3.63) is 176 Å². The van der Waals surface area contributed by atoms with Crippen LogP contribution in [0.5, 0.6) is 0 Å². The number of benzene rings is 8. The average Bonchev–Trinajstić information content (AvgIpc) is 3.86. The van der Waals surface area contributed by atoms with Crippen LogP contribution in [0.3, 0.4) is 0 Å². The molecule has 0 aliphatic carbocycles. The van der Waals surface area contributed by atoms with Gasteiger partial charge in [-0.05, 0) is 75.8 Å². The molecule has 0 N–H and O–H groups in total. The number of nitrogens with zero attached hydrogens (tertiary/aromatic N) is 5. The van der Waals surface area contributed by atoms with Crippen LogP contribution < -0.4 is 0 Å². The first-order chi connectivity index (χ1) is 26.7. The van der Waals surface area contributed by atoms with E-state index < -0.39 is 0 Å². The van der Waals surface area contributed by atoms with Crippen LogP contribution in [-0.2, 0) is 0 Å². The summed E-state index contributed by atoms with van der Waals surface area (Å²) in [6.45, 7) is 0. The van der Waals surface area contributed by atoms with Crippen LogP contribution in [-0.4, -0.2) is 25.0 Å². The van der Waals surface area contributed by atoms with Crippen LogP contribution in [0.15, 0.2) is 176 Å². The smallest absolute Gasteiger partial charge is 0.160 e. The van der Waals surface area contributed by atoms with Gasteiger partial charge in [-0.2, -0.15) is 4.80 Å². The lowest BCUT2D eigenvalue weighted by atomic mass is 9.97. The molecule has 11 aromatic rings. The predicted octanol–water partition coefficient (Wildman–Crippen LogP) is 12.6. The summed E-state index contributed by atoms with van der Waals surface area (Å²) in [5.74, 6) is 0.670. The van der Waals surface area contributed by atoms with Gasteiger partial charge in [0.15, 0.2) is 5.82 Å². The van der Waals surface area contributed by atoms with Crippen molar-refractivity contribution in [3.8, 4) is 50.7 Å². The fraction of sp³-hybridized carbons (Fsp3) is 0. The Morgan fingerprint density at radius 1 is 0.426 bits per heavy atom. The van der Waals surface area contributed by atoms with Crippen molar-refractivity contribution in [2.24, 2.45) is 0 Å². The normalized spacial score (nSPS) is 11.7. The third-order valence-electron chi connectivity index (χ3n) is 10.3. The van der Waals surface area contributed by atoms with Crippen LogP contribution in [0.4, 0.5) is 0 Å². The third-order valence-corrected chi connectivity index (χ3v) is 11.4. The summed E-state index contributed by atoms with van der Waals surface area (Å²) in [6, 6.07) is 61.6. The Bertz CT molecular complexity index is 3220. The van der Waals surface area contributed by atoms with Crippen molar-refractivity contribution < 1.29 is 0 Å². The summed E-state index contributed by atoms with van der Waals surface area (Å²) in [5.41, 5.74) is 9.77. The Morgan fingerprint density at radius 3 is 2.04 bits per heavy atom. The van der Waals surface area contributed by atoms with Gasteiger partial charge in [0, 0.05) is 42.2 Å². The number of para-hydroxylation sites is 1. The Morgan fingerprint density at radius 2 is 1.13 bits per heavy atom. The molecule has 0 radical (unpaired) electrons. The highest BCUT2D eigenvalue weighted by molar-refractivity contribution is 7.25. The van der Waals surface area contributed by atoms with Crippen molar-refractivity contribution in [2.75, 3.05) is 0 Å². The summed E-state index contributed by atoms with van der Waals surface area (Å²) in [4.78, 5) is 12.4. The molecule has 3 heterocycles. The van der Waals surface area contributed by atoms with Gasteiger partial charge < -0.3 is 0 Å². The Balaban J connectivity index is 1.15. The van der Waals surface area contributed by atoms with Gasteiger partial charge in [0.2, 0.25) is 0 Å². The van der Waals surface area contributed by atoms with E-state index in [-0.39, 0.29) is 0 Å². The lowest BCUT2D eigenvalue weighted by Crippen LogP contribution is -1.97. The summed E-state index contributed by atoms with van der Waals surface area (Å²) >= 11 is 1.82. The molecule has 0 aliphatic rings. The largest absolute Gasteiger partial charge is 0.228 e. The molecule has 0 aliphatic heterocycles. The molecule has 0 atom stereocenters. The first kappa shape index (κ1) is 30.6. The third kappa shape index (κ3) is 5.07. The second kappa shape index (κ2) is 12.3. The van der Waals surface area contributed by atoms with E-state index in [1.54, 1.807) is 4.80 Å². The molecule has 6 heteroatoms. The summed E-state index contributed by atoms with van der Waals surface area (Å²) in [6.07, 6.45) is 0. The van der Waals surface area contributed by atoms with Gasteiger partial charge in [-0.1, -0.05) is 127 Å². The molecule has 5 nitrogen and oxygen atoms in total. The molecule has 252 valence electrons.